The Balaban J connectivity index is 1.95. The fraction of sp³-hybridized carbons (Fsp3) is 0.323. The van der Waals surface area contributed by atoms with Gasteiger partial charge >= 0.3 is 18.0 Å². The van der Waals surface area contributed by atoms with Crippen molar-refractivity contribution in [2.75, 3.05) is 6.61 Å². The topological polar surface area (TPSA) is 105 Å². The number of nitrogens with one attached hydrogen (secondary N) is 1. The maximum Gasteiger partial charge on any atom is 0.425 e. The van der Waals surface area contributed by atoms with Crippen molar-refractivity contribution in [3.8, 4) is 0 Å². The molecular formula is C31H36N2O6. The second-order valence-electron chi connectivity index (χ2n) is 9.45. The van der Waals surface area contributed by atoms with Crippen molar-refractivity contribution in [3.63, 3.8) is 0 Å². The first-order chi connectivity index (χ1) is 18.8. The van der Waals surface area contributed by atoms with Crippen LogP contribution >= 0.6 is 0 Å². The van der Waals surface area contributed by atoms with Gasteiger partial charge in [-0.15, -0.1) is 0 Å². The van der Waals surface area contributed by atoms with Crippen LogP contribution in [0.25, 0.3) is 0 Å². The Morgan fingerprint density at radius 3 is 2.00 bits per heavy atom. The van der Waals surface area contributed by atoms with Gasteiger partial charge in [-0.25, -0.2) is 20.0 Å². The van der Waals surface area contributed by atoms with Crippen LogP contribution in [-0.4, -0.2) is 46.8 Å². The van der Waals surface area contributed by atoms with Crippen LogP contribution in [0, 0.1) is 0 Å². The maximum absolute atomic E-state index is 13.5. The van der Waals surface area contributed by atoms with E-state index in [0.717, 1.165) is 27.3 Å². The third-order valence-electron chi connectivity index (χ3n) is 6.24. The standard InChI is InChI=1S/C31H36N2O6/c1-4-38-30(36)28(19-23-13-7-5-8-14-23)33(31(37)39-21-24-15-9-6-10-16-24)32-27(29(34)35)20-25-17-11-12-18-26(25)22(2)3/h5-18,22,27-28,32H,4,19-21H2,1-3H3,(H,34,35)/t27-,28-/m0/s1. The highest BCUT2D eigenvalue weighted by Gasteiger charge is 2.36. The lowest BCUT2D eigenvalue weighted by atomic mass is 9.93. The maximum atomic E-state index is 13.5. The molecule has 0 heterocycles. The van der Waals surface area contributed by atoms with Crippen molar-refractivity contribution >= 4 is 18.0 Å². The molecule has 3 aromatic rings. The molecule has 39 heavy (non-hydrogen) atoms. The molecule has 2 atom stereocenters. The molecule has 0 aliphatic carbocycles. The van der Waals surface area contributed by atoms with Crippen molar-refractivity contribution < 1.29 is 29.0 Å². The normalized spacial score (nSPS) is 12.4. The lowest BCUT2D eigenvalue weighted by molar-refractivity contribution is -0.152. The lowest BCUT2D eigenvalue weighted by Crippen LogP contribution is -2.59. The number of ether oxygens (including phenoxy) is 2. The van der Waals surface area contributed by atoms with Crippen LogP contribution < -0.4 is 5.43 Å². The number of carboxylic acids is 1. The first kappa shape index (κ1) is 29.4. The molecule has 3 aromatic carbocycles. The van der Waals surface area contributed by atoms with Crippen LogP contribution in [0.15, 0.2) is 84.9 Å². The quantitative estimate of drug-likeness (QED) is 0.232. The zero-order chi connectivity index (χ0) is 28.2. The SMILES string of the molecule is CCOC(=O)[C@H](Cc1ccccc1)N(N[C@@H](Cc1ccccc1C(C)C)C(=O)O)C(=O)OCc1ccccc1. The van der Waals surface area contributed by atoms with Crippen molar-refractivity contribution in [2.24, 2.45) is 0 Å². The van der Waals surface area contributed by atoms with E-state index in [9.17, 15) is 19.5 Å². The van der Waals surface area contributed by atoms with Crippen molar-refractivity contribution in [3.05, 3.63) is 107 Å². The molecule has 0 fully saturated rings. The van der Waals surface area contributed by atoms with E-state index in [1.807, 2.05) is 86.6 Å². The minimum atomic E-state index is -1.22. The number of esters is 1. The van der Waals surface area contributed by atoms with Gasteiger partial charge in [0.2, 0.25) is 0 Å². The average Bonchev–Trinajstić information content (AvgIpc) is 2.94. The van der Waals surface area contributed by atoms with Crippen LogP contribution in [0.4, 0.5) is 4.79 Å². The lowest BCUT2D eigenvalue weighted by Gasteiger charge is -2.32. The van der Waals surface area contributed by atoms with Gasteiger partial charge < -0.3 is 14.6 Å². The highest BCUT2D eigenvalue weighted by molar-refractivity contribution is 5.82. The average molecular weight is 533 g/mol. The van der Waals surface area contributed by atoms with Gasteiger partial charge in [-0.2, -0.15) is 0 Å². The van der Waals surface area contributed by atoms with Gasteiger partial charge in [-0.05, 0) is 35.1 Å². The molecule has 0 radical (unpaired) electrons. The molecule has 3 rings (SSSR count). The number of nitrogens with zero attached hydrogens (tertiary/aromatic N) is 1. The second kappa shape index (κ2) is 14.7. The van der Waals surface area contributed by atoms with Crippen molar-refractivity contribution in [1.29, 1.82) is 0 Å². The van der Waals surface area contributed by atoms with E-state index in [-0.39, 0.29) is 32.0 Å². The summed E-state index contributed by atoms with van der Waals surface area (Å²) in [5.41, 5.74) is 6.19. The first-order valence-electron chi connectivity index (χ1n) is 13.1. The summed E-state index contributed by atoms with van der Waals surface area (Å²) in [5.74, 6) is -1.66. The summed E-state index contributed by atoms with van der Waals surface area (Å²) in [6, 6.07) is 23.5. The molecule has 2 N–H and O–H groups in total. The number of hydrogen-bond acceptors (Lipinski definition) is 6. The Kier molecular flexibility index (Phi) is 11.1. The second-order valence-corrected chi connectivity index (χ2v) is 9.45. The highest BCUT2D eigenvalue weighted by Crippen LogP contribution is 2.21. The molecule has 0 spiro atoms. The van der Waals surface area contributed by atoms with Gasteiger partial charge in [0.25, 0.3) is 0 Å². The Morgan fingerprint density at radius 2 is 1.41 bits per heavy atom. The van der Waals surface area contributed by atoms with Crippen LogP contribution in [-0.2, 0) is 38.5 Å². The Labute approximate surface area is 229 Å². The number of hydrogen-bond donors (Lipinski definition) is 2. The van der Waals surface area contributed by atoms with Crippen LogP contribution in [0.1, 0.15) is 48.9 Å². The number of carbonyl (C=O) groups is 3. The third-order valence-corrected chi connectivity index (χ3v) is 6.24. The molecule has 8 heteroatoms. The van der Waals surface area contributed by atoms with Gasteiger partial charge in [0.1, 0.15) is 12.6 Å². The van der Waals surface area contributed by atoms with E-state index in [2.05, 4.69) is 5.43 Å². The summed E-state index contributed by atoms with van der Waals surface area (Å²) in [4.78, 5) is 39.1. The molecule has 1 amide bonds. The van der Waals surface area contributed by atoms with E-state index >= 15 is 0 Å². The summed E-state index contributed by atoms with van der Waals surface area (Å²) in [6.45, 7) is 5.79. The van der Waals surface area contributed by atoms with E-state index in [4.69, 9.17) is 9.47 Å². The highest BCUT2D eigenvalue weighted by atomic mass is 16.6. The Bertz CT molecular complexity index is 1220. The minimum Gasteiger partial charge on any atom is -0.480 e. The summed E-state index contributed by atoms with van der Waals surface area (Å²) >= 11 is 0. The molecule has 0 saturated carbocycles. The first-order valence-corrected chi connectivity index (χ1v) is 13.1. The minimum absolute atomic E-state index is 0.0490. The van der Waals surface area contributed by atoms with Gasteiger partial charge in [0.15, 0.2) is 6.04 Å². The predicted molar refractivity (Wildman–Crippen MR) is 148 cm³/mol. The fourth-order valence-corrected chi connectivity index (χ4v) is 4.27. The number of carboxylic acid groups (broad SMARTS) is 1. The van der Waals surface area contributed by atoms with Crippen molar-refractivity contribution in [1.82, 2.24) is 10.4 Å². The molecule has 0 aliphatic rings. The van der Waals surface area contributed by atoms with Crippen LogP contribution in [0.5, 0.6) is 0 Å². The van der Waals surface area contributed by atoms with E-state index in [0.29, 0.717) is 0 Å². The zero-order valence-electron chi connectivity index (χ0n) is 22.6. The number of benzene rings is 3. The molecular weight excluding hydrogens is 496 g/mol. The van der Waals surface area contributed by atoms with Crippen molar-refractivity contribution in [2.45, 2.75) is 58.2 Å². The van der Waals surface area contributed by atoms with Gasteiger partial charge in [0, 0.05) is 12.8 Å². The molecule has 206 valence electrons. The van der Waals surface area contributed by atoms with E-state index < -0.39 is 30.1 Å². The van der Waals surface area contributed by atoms with Gasteiger partial charge in [0.05, 0.1) is 6.61 Å². The van der Waals surface area contributed by atoms with Crippen LogP contribution in [0.2, 0.25) is 0 Å². The molecule has 0 unspecified atom stereocenters. The fourth-order valence-electron chi connectivity index (χ4n) is 4.27. The zero-order valence-corrected chi connectivity index (χ0v) is 22.6. The van der Waals surface area contributed by atoms with Gasteiger partial charge in [-0.3, -0.25) is 4.79 Å². The number of amides is 1. The number of aliphatic carboxylic acids is 1. The molecule has 8 nitrogen and oxygen atoms in total. The monoisotopic (exact) mass is 532 g/mol. The smallest absolute Gasteiger partial charge is 0.425 e. The third kappa shape index (κ3) is 8.68. The summed E-state index contributed by atoms with van der Waals surface area (Å²) in [5, 5.41) is 11.1. The summed E-state index contributed by atoms with van der Waals surface area (Å²) in [7, 11) is 0. The predicted octanol–water partition coefficient (Wildman–Crippen LogP) is 5.12. The van der Waals surface area contributed by atoms with E-state index in [1.165, 1.54) is 0 Å². The Hall–Kier alpha value is -4.17. The number of carbonyl (C=O) groups excluding carboxylic acids is 2. The molecule has 0 aliphatic heterocycles. The summed E-state index contributed by atoms with van der Waals surface area (Å²) < 4.78 is 10.9. The van der Waals surface area contributed by atoms with Crippen LogP contribution in [0.3, 0.4) is 0 Å². The molecule has 0 bridgehead atoms. The number of rotatable bonds is 13. The Morgan fingerprint density at radius 1 is 0.821 bits per heavy atom. The number of hydrazine groups is 1. The molecule has 0 saturated heterocycles. The largest absolute Gasteiger partial charge is 0.480 e. The van der Waals surface area contributed by atoms with E-state index in [1.54, 1.807) is 19.1 Å². The summed E-state index contributed by atoms with van der Waals surface area (Å²) in [6.07, 6.45) is -0.689. The molecule has 0 aromatic heterocycles. The van der Waals surface area contributed by atoms with Gasteiger partial charge in [-0.1, -0.05) is 98.8 Å².